The van der Waals surface area contributed by atoms with E-state index in [9.17, 15) is 12.8 Å². The molecule has 4 nitrogen and oxygen atoms in total. The van der Waals surface area contributed by atoms with Crippen LogP contribution in [0.2, 0.25) is 0 Å². The summed E-state index contributed by atoms with van der Waals surface area (Å²) >= 11 is 3.03. The Morgan fingerprint density at radius 1 is 1.30 bits per heavy atom. The molecular weight excluding hydrogens is 347 g/mol. The lowest BCUT2D eigenvalue weighted by atomic mass is 9.98. The van der Waals surface area contributed by atoms with Crippen LogP contribution in [-0.4, -0.2) is 31.9 Å². The molecule has 0 spiro atoms. The van der Waals surface area contributed by atoms with E-state index in [1.165, 1.54) is 16.4 Å². The molecule has 7 heteroatoms. The fourth-order valence-corrected chi connectivity index (χ4v) is 5.04. The predicted octanol–water partition coefficient (Wildman–Crippen LogP) is 1.95. The van der Waals surface area contributed by atoms with Gasteiger partial charge in [-0.3, -0.25) is 0 Å². The molecular formula is C13H16BrFN2O2S. The Hall–Kier alpha value is -0.500. The summed E-state index contributed by atoms with van der Waals surface area (Å²) in [6.07, 6.45) is 1.95. The van der Waals surface area contributed by atoms with Gasteiger partial charge in [-0.05, 0) is 58.8 Å². The first-order chi connectivity index (χ1) is 9.39. The summed E-state index contributed by atoms with van der Waals surface area (Å²) in [5.74, 6) is 0.0207. The van der Waals surface area contributed by atoms with Gasteiger partial charge in [0.25, 0.3) is 0 Å². The molecule has 1 aromatic rings. The van der Waals surface area contributed by atoms with Gasteiger partial charge in [-0.25, -0.2) is 12.8 Å². The average Bonchev–Trinajstić information content (AvgIpc) is 2.96. The van der Waals surface area contributed by atoms with Crippen molar-refractivity contribution in [3.8, 4) is 0 Å². The zero-order chi connectivity index (χ0) is 14.5. The van der Waals surface area contributed by atoms with Gasteiger partial charge in [0, 0.05) is 19.1 Å². The summed E-state index contributed by atoms with van der Waals surface area (Å²) in [6.45, 7) is 0.949. The van der Waals surface area contributed by atoms with Crippen molar-refractivity contribution in [2.24, 2.45) is 17.6 Å². The summed E-state index contributed by atoms with van der Waals surface area (Å²) in [5, 5.41) is 0. The van der Waals surface area contributed by atoms with Crippen molar-refractivity contribution in [1.29, 1.82) is 0 Å². The molecule has 3 atom stereocenters. The Balaban J connectivity index is 1.88. The normalized spacial score (nSPS) is 30.6. The van der Waals surface area contributed by atoms with Crippen LogP contribution in [-0.2, 0) is 10.0 Å². The molecule has 1 aliphatic carbocycles. The van der Waals surface area contributed by atoms with Crippen LogP contribution in [0.5, 0.6) is 0 Å². The fraction of sp³-hybridized carbons (Fsp3) is 0.538. The van der Waals surface area contributed by atoms with Crippen LogP contribution in [0.15, 0.2) is 27.6 Å². The third kappa shape index (κ3) is 2.30. The highest BCUT2D eigenvalue weighted by Crippen LogP contribution is 2.39. The SMILES string of the molecule is NC1CCC2CN(S(=O)(=O)c3ccc(Br)c(F)c3)CC12. The number of nitrogens with two attached hydrogens (primary N) is 1. The molecule has 3 rings (SSSR count). The van der Waals surface area contributed by atoms with Crippen LogP contribution in [0.25, 0.3) is 0 Å². The number of fused-ring (bicyclic) bond motifs is 1. The maximum Gasteiger partial charge on any atom is 0.243 e. The third-order valence-electron chi connectivity index (χ3n) is 4.41. The second kappa shape index (κ2) is 5.05. The average molecular weight is 363 g/mol. The summed E-state index contributed by atoms with van der Waals surface area (Å²) < 4.78 is 40.3. The van der Waals surface area contributed by atoms with Crippen LogP contribution in [0.4, 0.5) is 4.39 Å². The molecule has 3 unspecified atom stereocenters. The van der Waals surface area contributed by atoms with Crippen LogP contribution in [0, 0.1) is 17.7 Å². The number of benzene rings is 1. The topological polar surface area (TPSA) is 63.4 Å². The highest BCUT2D eigenvalue weighted by atomic mass is 79.9. The van der Waals surface area contributed by atoms with Crippen molar-refractivity contribution >= 4 is 26.0 Å². The van der Waals surface area contributed by atoms with Gasteiger partial charge in [-0.1, -0.05) is 0 Å². The van der Waals surface area contributed by atoms with E-state index in [1.54, 1.807) is 0 Å². The van der Waals surface area contributed by atoms with Crippen LogP contribution in [0.1, 0.15) is 12.8 Å². The van der Waals surface area contributed by atoms with E-state index in [-0.39, 0.29) is 21.3 Å². The number of hydrogen-bond acceptors (Lipinski definition) is 3. The first kappa shape index (κ1) is 14.4. The van der Waals surface area contributed by atoms with E-state index in [0.29, 0.717) is 19.0 Å². The Morgan fingerprint density at radius 2 is 2.05 bits per heavy atom. The Kier molecular flexibility index (Phi) is 3.64. The van der Waals surface area contributed by atoms with Gasteiger partial charge < -0.3 is 5.73 Å². The fourth-order valence-electron chi connectivity index (χ4n) is 3.25. The van der Waals surface area contributed by atoms with Gasteiger partial charge >= 0.3 is 0 Å². The molecule has 2 fully saturated rings. The standard InChI is InChI=1S/C13H16BrFN2O2S/c14-11-3-2-9(5-12(11)15)20(18,19)17-6-8-1-4-13(16)10(8)7-17/h2-3,5,8,10,13H,1,4,6-7,16H2. The van der Waals surface area contributed by atoms with Crippen molar-refractivity contribution in [3.63, 3.8) is 0 Å². The number of hydrogen-bond donors (Lipinski definition) is 1. The summed E-state index contributed by atoms with van der Waals surface area (Å²) in [7, 11) is -3.63. The smallest absolute Gasteiger partial charge is 0.243 e. The van der Waals surface area contributed by atoms with Crippen molar-refractivity contribution in [1.82, 2.24) is 4.31 Å². The molecule has 110 valence electrons. The Labute approximate surface area is 126 Å². The van der Waals surface area contributed by atoms with Crippen molar-refractivity contribution in [3.05, 3.63) is 28.5 Å². The molecule has 20 heavy (non-hydrogen) atoms. The third-order valence-corrected chi connectivity index (χ3v) is 6.88. The van der Waals surface area contributed by atoms with Crippen LogP contribution >= 0.6 is 15.9 Å². The highest BCUT2D eigenvalue weighted by Gasteiger charge is 2.45. The minimum Gasteiger partial charge on any atom is -0.327 e. The monoisotopic (exact) mass is 362 g/mol. The van der Waals surface area contributed by atoms with E-state index in [4.69, 9.17) is 5.73 Å². The summed E-state index contributed by atoms with van der Waals surface area (Å²) in [6, 6.07) is 4.00. The predicted molar refractivity (Wildman–Crippen MR) is 77.0 cm³/mol. The van der Waals surface area contributed by atoms with Gasteiger partial charge in [0.15, 0.2) is 0 Å². The van der Waals surface area contributed by atoms with Gasteiger partial charge in [0.2, 0.25) is 10.0 Å². The largest absolute Gasteiger partial charge is 0.327 e. The second-order valence-corrected chi connectivity index (χ2v) is 8.36. The first-order valence-electron chi connectivity index (χ1n) is 6.60. The number of rotatable bonds is 2. The van der Waals surface area contributed by atoms with E-state index in [0.717, 1.165) is 18.9 Å². The molecule has 1 saturated carbocycles. The molecule has 2 aliphatic rings. The zero-order valence-corrected chi connectivity index (χ0v) is 13.2. The van der Waals surface area contributed by atoms with Crippen LogP contribution < -0.4 is 5.73 Å². The van der Waals surface area contributed by atoms with Gasteiger partial charge in [0.05, 0.1) is 9.37 Å². The minimum absolute atomic E-state index is 0.00625. The maximum atomic E-state index is 13.5. The van der Waals surface area contributed by atoms with Crippen molar-refractivity contribution < 1.29 is 12.8 Å². The molecule has 0 bridgehead atoms. The molecule has 1 heterocycles. The van der Waals surface area contributed by atoms with Gasteiger partial charge in [-0.15, -0.1) is 0 Å². The number of halogens is 2. The quantitative estimate of drug-likeness (QED) is 0.874. The Morgan fingerprint density at radius 3 is 2.70 bits per heavy atom. The van der Waals surface area contributed by atoms with Crippen LogP contribution in [0.3, 0.4) is 0 Å². The summed E-state index contributed by atoms with van der Waals surface area (Å²) in [5.41, 5.74) is 6.02. The number of nitrogens with zero attached hydrogens (tertiary/aromatic N) is 1. The van der Waals surface area contributed by atoms with E-state index >= 15 is 0 Å². The number of sulfonamides is 1. The van der Waals surface area contributed by atoms with Gasteiger partial charge in [0.1, 0.15) is 5.82 Å². The molecule has 0 radical (unpaired) electrons. The van der Waals surface area contributed by atoms with Gasteiger partial charge in [-0.2, -0.15) is 4.31 Å². The zero-order valence-electron chi connectivity index (χ0n) is 10.8. The highest BCUT2D eigenvalue weighted by molar-refractivity contribution is 9.10. The van der Waals surface area contributed by atoms with Crippen molar-refractivity contribution in [2.45, 2.75) is 23.8 Å². The van der Waals surface area contributed by atoms with E-state index in [1.807, 2.05) is 0 Å². The maximum absolute atomic E-state index is 13.5. The molecule has 1 aliphatic heterocycles. The van der Waals surface area contributed by atoms with Crippen molar-refractivity contribution in [2.75, 3.05) is 13.1 Å². The molecule has 0 amide bonds. The second-order valence-electron chi connectivity index (χ2n) is 5.56. The Bertz CT molecular complexity index is 637. The minimum atomic E-state index is -3.63. The molecule has 0 aromatic heterocycles. The van der Waals surface area contributed by atoms with E-state index < -0.39 is 15.8 Å². The molecule has 1 aromatic carbocycles. The first-order valence-corrected chi connectivity index (χ1v) is 8.83. The summed E-state index contributed by atoms with van der Waals surface area (Å²) in [4.78, 5) is 0.00625. The lowest BCUT2D eigenvalue weighted by Gasteiger charge is -2.18. The lowest BCUT2D eigenvalue weighted by molar-refractivity contribution is 0.426. The lowest BCUT2D eigenvalue weighted by Crippen LogP contribution is -2.33. The van der Waals surface area contributed by atoms with E-state index in [2.05, 4.69) is 15.9 Å². The molecule has 2 N–H and O–H groups in total. The molecule has 1 saturated heterocycles.